The van der Waals surface area contributed by atoms with Crippen molar-refractivity contribution < 1.29 is 14.3 Å². The van der Waals surface area contributed by atoms with Gasteiger partial charge in [-0.1, -0.05) is 23.2 Å². The van der Waals surface area contributed by atoms with Crippen molar-refractivity contribution in [2.75, 3.05) is 20.3 Å². The van der Waals surface area contributed by atoms with E-state index in [-0.39, 0.29) is 5.91 Å². The number of imidazole rings is 1. The fourth-order valence-electron chi connectivity index (χ4n) is 2.71. The minimum absolute atomic E-state index is 0.0110. The van der Waals surface area contributed by atoms with Gasteiger partial charge < -0.3 is 19.2 Å². The Labute approximate surface area is 173 Å². The Morgan fingerprint density at radius 3 is 2.68 bits per heavy atom. The zero-order chi connectivity index (χ0) is 19.9. The number of methoxy groups -OCH3 is 1. The number of ether oxygens (including phenoxy) is 2. The molecule has 0 saturated carbocycles. The monoisotopic (exact) mass is 421 g/mol. The zero-order valence-electron chi connectivity index (χ0n) is 15.5. The number of carbonyl (C=O) groups excluding carboxylic acids is 1. The Balaban J connectivity index is 1.36. The highest BCUT2D eigenvalue weighted by Gasteiger charge is 2.08. The van der Waals surface area contributed by atoms with E-state index >= 15 is 0 Å². The summed E-state index contributed by atoms with van der Waals surface area (Å²) < 4.78 is 12.5. The number of carbonyl (C=O) groups is 1. The topological polar surface area (TPSA) is 64.9 Å². The van der Waals surface area contributed by atoms with Gasteiger partial charge in [0, 0.05) is 31.8 Å². The third kappa shape index (κ3) is 5.53. The molecule has 0 spiro atoms. The number of fused-ring (bicyclic) bond motifs is 1. The lowest BCUT2D eigenvalue weighted by atomic mass is 10.3. The molecule has 6 nitrogen and oxygen atoms in total. The Kier molecular flexibility index (Phi) is 7.01. The van der Waals surface area contributed by atoms with Crippen molar-refractivity contribution in [3.63, 3.8) is 0 Å². The van der Waals surface area contributed by atoms with Crippen LogP contribution >= 0.6 is 23.2 Å². The van der Waals surface area contributed by atoms with E-state index in [1.54, 1.807) is 23.8 Å². The van der Waals surface area contributed by atoms with Crippen LogP contribution in [0, 0.1) is 0 Å². The van der Waals surface area contributed by atoms with Crippen LogP contribution in [0.25, 0.3) is 5.65 Å². The quantitative estimate of drug-likeness (QED) is 0.526. The van der Waals surface area contributed by atoms with Crippen LogP contribution in [0.4, 0.5) is 0 Å². The first kappa shape index (κ1) is 20.3. The molecule has 1 N–H and O–H groups in total. The summed E-state index contributed by atoms with van der Waals surface area (Å²) in [7, 11) is 1.62. The van der Waals surface area contributed by atoms with Gasteiger partial charge in [-0.15, -0.1) is 0 Å². The molecule has 0 atom stereocenters. The van der Waals surface area contributed by atoms with Gasteiger partial charge in [-0.25, -0.2) is 4.98 Å². The van der Waals surface area contributed by atoms with E-state index in [0.717, 1.165) is 17.2 Å². The van der Waals surface area contributed by atoms with Gasteiger partial charge >= 0.3 is 0 Å². The molecule has 3 rings (SSSR count). The first-order chi connectivity index (χ1) is 13.5. The van der Waals surface area contributed by atoms with E-state index in [0.29, 0.717) is 48.1 Å². The van der Waals surface area contributed by atoms with Crippen molar-refractivity contribution in [1.29, 1.82) is 0 Å². The molecule has 3 aromatic rings. The molecule has 0 radical (unpaired) electrons. The second kappa shape index (κ2) is 9.66. The van der Waals surface area contributed by atoms with E-state index < -0.39 is 0 Å². The number of pyridine rings is 1. The number of hydrogen-bond donors (Lipinski definition) is 1. The van der Waals surface area contributed by atoms with Gasteiger partial charge in [0.05, 0.1) is 29.5 Å². The van der Waals surface area contributed by atoms with Crippen LogP contribution in [-0.4, -0.2) is 35.6 Å². The zero-order valence-corrected chi connectivity index (χ0v) is 17.0. The Morgan fingerprint density at radius 2 is 1.93 bits per heavy atom. The summed E-state index contributed by atoms with van der Waals surface area (Å²) in [6.07, 6.45) is 5.27. The maximum atomic E-state index is 12.0. The minimum atomic E-state index is -0.0110. The molecule has 2 aromatic heterocycles. The number of nitrogens with one attached hydrogen (secondary N) is 1. The predicted molar refractivity (Wildman–Crippen MR) is 110 cm³/mol. The number of nitrogens with zero attached hydrogens (tertiary/aromatic N) is 2. The number of rotatable bonds is 9. The van der Waals surface area contributed by atoms with Gasteiger partial charge in [-0.3, -0.25) is 4.79 Å². The summed E-state index contributed by atoms with van der Waals surface area (Å²) in [4.78, 5) is 16.4. The Bertz CT molecular complexity index is 942. The maximum Gasteiger partial charge on any atom is 0.220 e. The first-order valence-corrected chi connectivity index (χ1v) is 9.67. The lowest BCUT2D eigenvalue weighted by molar-refractivity contribution is -0.121. The highest BCUT2D eigenvalue weighted by molar-refractivity contribution is 6.36. The summed E-state index contributed by atoms with van der Waals surface area (Å²) >= 11 is 12.1. The van der Waals surface area contributed by atoms with Gasteiger partial charge in [-0.05, 0) is 36.8 Å². The molecule has 0 unspecified atom stereocenters. The van der Waals surface area contributed by atoms with E-state index in [1.165, 1.54) is 0 Å². The molecule has 8 heteroatoms. The summed E-state index contributed by atoms with van der Waals surface area (Å²) in [5.41, 5.74) is 1.50. The summed E-state index contributed by atoms with van der Waals surface area (Å²) in [6.45, 7) is 0.985. The molecule has 2 heterocycles. The highest BCUT2D eigenvalue weighted by atomic mass is 35.5. The second-order valence-corrected chi connectivity index (χ2v) is 7.04. The van der Waals surface area contributed by atoms with Crippen LogP contribution < -0.4 is 14.8 Å². The molecule has 0 aliphatic heterocycles. The fourth-order valence-corrected chi connectivity index (χ4v) is 3.24. The van der Waals surface area contributed by atoms with E-state index in [2.05, 4.69) is 10.3 Å². The molecule has 148 valence electrons. The molecule has 0 aliphatic rings. The maximum absolute atomic E-state index is 12.0. The number of halogens is 2. The normalized spacial score (nSPS) is 10.8. The van der Waals surface area contributed by atoms with Crippen LogP contribution in [0.1, 0.15) is 18.5 Å². The second-order valence-electron chi connectivity index (χ2n) is 6.20. The van der Waals surface area contributed by atoms with E-state index in [9.17, 15) is 4.79 Å². The third-order valence-corrected chi connectivity index (χ3v) is 4.59. The molecule has 0 fully saturated rings. The van der Waals surface area contributed by atoms with Gasteiger partial charge in [0.15, 0.2) is 5.65 Å². The van der Waals surface area contributed by atoms with Crippen molar-refractivity contribution in [3.05, 3.63) is 58.5 Å². The number of aromatic nitrogens is 2. The molecule has 28 heavy (non-hydrogen) atoms. The lowest BCUT2D eigenvalue weighted by Crippen LogP contribution is -2.25. The molecular formula is C20H21Cl2N3O3. The Hall–Kier alpha value is -2.44. The lowest BCUT2D eigenvalue weighted by Gasteiger charge is -2.07. The third-order valence-electron chi connectivity index (χ3n) is 4.10. The molecule has 0 aliphatic carbocycles. The van der Waals surface area contributed by atoms with Crippen LogP contribution in [-0.2, 0) is 11.2 Å². The minimum Gasteiger partial charge on any atom is -0.497 e. The smallest absolute Gasteiger partial charge is 0.220 e. The van der Waals surface area contributed by atoms with Crippen molar-refractivity contribution in [2.45, 2.75) is 19.3 Å². The van der Waals surface area contributed by atoms with Gasteiger partial charge in [0.2, 0.25) is 5.91 Å². The van der Waals surface area contributed by atoms with Gasteiger partial charge in [-0.2, -0.15) is 0 Å². The molecule has 1 amide bonds. The molecule has 1 aromatic carbocycles. The summed E-state index contributed by atoms with van der Waals surface area (Å²) in [6, 6.07) is 9.01. The highest BCUT2D eigenvalue weighted by Crippen LogP contribution is 2.22. The van der Waals surface area contributed by atoms with Crippen LogP contribution in [0.3, 0.4) is 0 Å². The molecular weight excluding hydrogens is 401 g/mol. The molecule has 0 saturated heterocycles. The van der Waals surface area contributed by atoms with Gasteiger partial charge in [0.25, 0.3) is 0 Å². The number of benzene rings is 1. The largest absolute Gasteiger partial charge is 0.497 e. The fraction of sp³-hybridized carbons (Fsp3) is 0.300. The van der Waals surface area contributed by atoms with Crippen LogP contribution in [0.15, 0.2) is 42.7 Å². The van der Waals surface area contributed by atoms with Crippen molar-refractivity contribution in [3.8, 4) is 11.5 Å². The molecule has 0 bridgehead atoms. The van der Waals surface area contributed by atoms with E-state index in [4.69, 9.17) is 32.7 Å². The summed E-state index contributed by atoms with van der Waals surface area (Å²) in [5, 5.41) is 3.94. The van der Waals surface area contributed by atoms with Crippen molar-refractivity contribution in [1.82, 2.24) is 14.7 Å². The average Bonchev–Trinajstić information content (AvgIpc) is 3.09. The standard InChI is InChI=1S/C20H21Cl2N3O3/c1-27-16-4-6-17(7-5-16)28-10-2-3-19(26)23-9-8-15-13-25-12-14(21)11-18(22)20(25)24-15/h4-7,11-13H,2-3,8-10H2,1H3,(H,23,26). The van der Waals surface area contributed by atoms with E-state index in [1.807, 2.05) is 30.5 Å². The van der Waals surface area contributed by atoms with Crippen molar-refractivity contribution in [2.24, 2.45) is 0 Å². The van der Waals surface area contributed by atoms with Crippen LogP contribution in [0.2, 0.25) is 10.0 Å². The summed E-state index contributed by atoms with van der Waals surface area (Å²) in [5.74, 6) is 1.53. The predicted octanol–water partition coefficient (Wildman–Crippen LogP) is 4.17. The van der Waals surface area contributed by atoms with Crippen molar-refractivity contribution >= 4 is 34.8 Å². The first-order valence-electron chi connectivity index (χ1n) is 8.91. The number of hydrogen-bond acceptors (Lipinski definition) is 4. The van der Waals surface area contributed by atoms with Crippen LogP contribution in [0.5, 0.6) is 11.5 Å². The Morgan fingerprint density at radius 1 is 1.18 bits per heavy atom. The van der Waals surface area contributed by atoms with Gasteiger partial charge in [0.1, 0.15) is 11.5 Å². The SMILES string of the molecule is COc1ccc(OCCCC(=O)NCCc2cn3cc(Cl)cc(Cl)c3n2)cc1. The average molecular weight is 422 g/mol. The number of amides is 1.